The molecule has 0 bridgehead atoms. The third-order valence-electron chi connectivity index (χ3n) is 11.6. The molecule has 0 saturated heterocycles. The highest BCUT2D eigenvalue weighted by atomic mass is 16.5. The number of carbonyl (C=O) groups is 1. The lowest BCUT2D eigenvalue weighted by Crippen LogP contribution is -2.53. The molecule has 2 heteroatoms. The largest absolute Gasteiger partial charge is 0.462 e. The zero-order valence-corrected chi connectivity index (χ0v) is 23.5. The second kappa shape index (κ2) is 9.78. The molecule has 0 heterocycles. The minimum Gasteiger partial charge on any atom is -0.462 e. The van der Waals surface area contributed by atoms with Crippen LogP contribution in [0.15, 0.2) is 23.3 Å². The predicted molar refractivity (Wildman–Crippen MR) is 142 cm³/mol. The summed E-state index contributed by atoms with van der Waals surface area (Å²) in [6.07, 6.45) is 16.8. The molecule has 4 aliphatic carbocycles. The number of esters is 1. The maximum atomic E-state index is 11.7. The molecule has 0 radical (unpaired) electrons. The quantitative estimate of drug-likeness (QED) is 0.288. The highest BCUT2D eigenvalue weighted by Crippen LogP contribution is 2.67. The van der Waals surface area contributed by atoms with Crippen LogP contribution in [0.1, 0.15) is 113 Å². The molecule has 3 fully saturated rings. The third kappa shape index (κ3) is 4.34. The van der Waals surface area contributed by atoms with Crippen LogP contribution in [0.4, 0.5) is 0 Å². The lowest BCUT2D eigenvalue weighted by atomic mass is 9.46. The zero-order chi connectivity index (χ0) is 24.8. The maximum Gasteiger partial charge on any atom is 0.302 e. The summed E-state index contributed by atoms with van der Waals surface area (Å²) in [5, 5.41) is 0. The summed E-state index contributed by atoms with van der Waals surface area (Å²) in [6.45, 7) is 18.7. The van der Waals surface area contributed by atoms with Crippen molar-refractivity contribution in [1.82, 2.24) is 0 Å². The van der Waals surface area contributed by atoms with Crippen LogP contribution in [0.5, 0.6) is 0 Å². The summed E-state index contributed by atoms with van der Waals surface area (Å²) < 4.78 is 5.76. The molecule has 0 N–H and O–H groups in total. The van der Waals surface area contributed by atoms with Crippen molar-refractivity contribution in [2.45, 2.75) is 119 Å². The molecule has 4 aliphatic rings. The molecule has 34 heavy (non-hydrogen) atoms. The van der Waals surface area contributed by atoms with E-state index in [0.717, 1.165) is 30.1 Å². The van der Waals surface area contributed by atoms with Crippen molar-refractivity contribution in [1.29, 1.82) is 0 Å². The monoisotopic (exact) mass is 468 g/mol. The van der Waals surface area contributed by atoms with Crippen LogP contribution < -0.4 is 0 Å². The average molecular weight is 469 g/mol. The molecule has 3 saturated carbocycles. The van der Waals surface area contributed by atoms with E-state index in [1.54, 1.807) is 12.5 Å². The van der Waals surface area contributed by atoms with E-state index in [0.29, 0.717) is 28.6 Å². The van der Waals surface area contributed by atoms with Crippen LogP contribution in [-0.4, -0.2) is 12.1 Å². The molecule has 0 aliphatic heterocycles. The highest BCUT2D eigenvalue weighted by molar-refractivity contribution is 5.66. The Morgan fingerprint density at radius 2 is 1.76 bits per heavy atom. The van der Waals surface area contributed by atoms with E-state index in [4.69, 9.17) is 4.74 Å². The first kappa shape index (κ1) is 26.0. The molecule has 0 aromatic carbocycles. The van der Waals surface area contributed by atoms with E-state index in [9.17, 15) is 4.79 Å². The first-order valence-corrected chi connectivity index (χ1v) is 14.5. The number of hydrogen-bond donors (Lipinski definition) is 0. The standard InChI is InChI=1S/C32H52O2/c1-9-24(20(2)3)11-10-21(4)26-14-15-28-25-12-13-27-22(5)30(34-23(6)33)17-19-32(27,8)29(25)16-18-31(26,28)7/h9,12,20-22,26-30H,10-11,13-19H2,1-8H3/b24-9-/t21-,22+,26-,27+,28+,29-,30+,31+,32-/m1/s1. The minimum atomic E-state index is -0.109. The van der Waals surface area contributed by atoms with Gasteiger partial charge in [0.1, 0.15) is 6.10 Å². The van der Waals surface area contributed by atoms with Gasteiger partial charge in [-0.3, -0.25) is 4.79 Å². The van der Waals surface area contributed by atoms with Crippen molar-refractivity contribution < 1.29 is 9.53 Å². The molecular formula is C32H52O2. The summed E-state index contributed by atoms with van der Waals surface area (Å²) in [5.74, 6) is 4.91. The molecule has 0 unspecified atom stereocenters. The van der Waals surface area contributed by atoms with Crippen LogP contribution in [0.3, 0.4) is 0 Å². The maximum absolute atomic E-state index is 11.7. The van der Waals surface area contributed by atoms with E-state index in [1.807, 2.05) is 5.57 Å². The number of fused-ring (bicyclic) bond motifs is 5. The van der Waals surface area contributed by atoms with Gasteiger partial charge in [0.05, 0.1) is 0 Å². The third-order valence-corrected chi connectivity index (χ3v) is 11.6. The van der Waals surface area contributed by atoms with Gasteiger partial charge in [0, 0.05) is 6.92 Å². The molecule has 9 atom stereocenters. The summed E-state index contributed by atoms with van der Waals surface area (Å²) in [7, 11) is 0. The Labute approximate surface area is 210 Å². The van der Waals surface area contributed by atoms with E-state index < -0.39 is 0 Å². The Morgan fingerprint density at radius 1 is 1.09 bits per heavy atom. The lowest BCUT2D eigenvalue weighted by molar-refractivity contribution is -0.158. The van der Waals surface area contributed by atoms with Gasteiger partial charge in [-0.2, -0.15) is 0 Å². The van der Waals surface area contributed by atoms with Gasteiger partial charge < -0.3 is 4.74 Å². The van der Waals surface area contributed by atoms with Crippen LogP contribution in [0, 0.1) is 52.3 Å². The predicted octanol–water partition coefficient (Wildman–Crippen LogP) is 8.76. The molecule has 0 amide bonds. The number of carbonyl (C=O) groups excluding carboxylic acids is 1. The molecule has 2 nitrogen and oxygen atoms in total. The van der Waals surface area contributed by atoms with Crippen molar-refractivity contribution in [3.8, 4) is 0 Å². The van der Waals surface area contributed by atoms with Crippen molar-refractivity contribution in [3.63, 3.8) is 0 Å². The van der Waals surface area contributed by atoms with Gasteiger partial charge in [0.25, 0.3) is 0 Å². The summed E-state index contributed by atoms with van der Waals surface area (Å²) in [5.41, 5.74) is 4.35. The van der Waals surface area contributed by atoms with Gasteiger partial charge in [0.2, 0.25) is 0 Å². The average Bonchev–Trinajstić information content (AvgIpc) is 3.13. The van der Waals surface area contributed by atoms with E-state index in [2.05, 4.69) is 60.6 Å². The van der Waals surface area contributed by atoms with Crippen LogP contribution in [0.25, 0.3) is 0 Å². The molecule has 4 rings (SSSR count). The highest BCUT2D eigenvalue weighted by Gasteiger charge is 2.59. The summed E-state index contributed by atoms with van der Waals surface area (Å²) in [4.78, 5) is 11.7. The van der Waals surface area contributed by atoms with E-state index in [-0.39, 0.29) is 12.1 Å². The number of allylic oxidation sites excluding steroid dienone is 4. The first-order chi connectivity index (χ1) is 16.0. The van der Waals surface area contributed by atoms with Gasteiger partial charge in [-0.25, -0.2) is 0 Å². The van der Waals surface area contributed by atoms with Crippen molar-refractivity contribution in [3.05, 3.63) is 23.3 Å². The van der Waals surface area contributed by atoms with E-state index in [1.165, 1.54) is 51.4 Å². The Hall–Kier alpha value is -1.05. The molecular weight excluding hydrogens is 416 g/mol. The van der Waals surface area contributed by atoms with Crippen LogP contribution in [0.2, 0.25) is 0 Å². The number of ether oxygens (including phenoxy) is 1. The van der Waals surface area contributed by atoms with Crippen molar-refractivity contribution in [2.75, 3.05) is 0 Å². The van der Waals surface area contributed by atoms with Crippen LogP contribution in [-0.2, 0) is 9.53 Å². The zero-order valence-electron chi connectivity index (χ0n) is 23.5. The normalized spacial score (nSPS) is 43.0. The number of hydrogen-bond acceptors (Lipinski definition) is 2. The van der Waals surface area contributed by atoms with E-state index >= 15 is 0 Å². The Kier molecular flexibility index (Phi) is 7.48. The number of rotatable bonds is 6. The Morgan fingerprint density at radius 3 is 2.41 bits per heavy atom. The molecule has 192 valence electrons. The minimum absolute atomic E-state index is 0.109. The fourth-order valence-electron chi connectivity index (χ4n) is 9.65. The molecule has 0 aromatic heterocycles. The van der Waals surface area contributed by atoms with Gasteiger partial charge in [-0.1, -0.05) is 64.8 Å². The van der Waals surface area contributed by atoms with Crippen molar-refractivity contribution >= 4 is 5.97 Å². The second-order valence-corrected chi connectivity index (χ2v) is 13.5. The topological polar surface area (TPSA) is 26.3 Å². The Bertz CT molecular complexity index is 821. The van der Waals surface area contributed by atoms with Crippen LogP contribution >= 0.6 is 0 Å². The smallest absolute Gasteiger partial charge is 0.302 e. The van der Waals surface area contributed by atoms with Gasteiger partial charge in [-0.15, -0.1) is 0 Å². The second-order valence-electron chi connectivity index (χ2n) is 13.5. The lowest BCUT2D eigenvalue weighted by Gasteiger charge is -2.59. The fourth-order valence-corrected chi connectivity index (χ4v) is 9.65. The van der Waals surface area contributed by atoms with Gasteiger partial charge in [-0.05, 0) is 117 Å². The fraction of sp³-hybridized carbons (Fsp3) is 0.844. The summed E-state index contributed by atoms with van der Waals surface area (Å²) >= 11 is 0. The SMILES string of the molecule is C/C=C(/CC[C@@H](C)[C@H]1CC[C@H]2C3=CC[C@H]4[C@H](C)[C@@H](OC(C)=O)CC[C@@]4(C)[C@@H]3CC[C@@]12C)C(C)C. The Balaban J connectivity index is 1.50. The first-order valence-electron chi connectivity index (χ1n) is 14.5. The molecule has 0 spiro atoms. The van der Waals surface area contributed by atoms with Gasteiger partial charge >= 0.3 is 5.97 Å². The van der Waals surface area contributed by atoms with Gasteiger partial charge in [0.15, 0.2) is 0 Å². The molecule has 0 aromatic rings. The van der Waals surface area contributed by atoms with Crippen molar-refractivity contribution in [2.24, 2.45) is 52.3 Å². The summed E-state index contributed by atoms with van der Waals surface area (Å²) in [6, 6.07) is 0.